The third-order valence-electron chi connectivity index (χ3n) is 3.39. The van der Waals surface area contributed by atoms with Gasteiger partial charge in [-0.2, -0.15) is 0 Å². The van der Waals surface area contributed by atoms with Gasteiger partial charge >= 0.3 is 0 Å². The third kappa shape index (κ3) is 3.49. The maximum Gasteiger partial charge on any atom is 0.219 e. The first-order valence-corrected chi connectivity index (χ1v) is 5.92. The molecule has 1 aliphatic rings. The van der Waals surface area contributed by atoms with Crippen LogP contribution in [-0.2, 0) is 4.79 Å². The van der Waals surface area contributed by atoms with E-state index < -0.39 is 0 Å². The van der Waals surface area contributed by atoms with E-state index in [1.165, 1.54) is 12.8 Å². The fourth-order valence-electron chi connectivity index (χ4n) is 3.07. The van der Waals surface area contributed by atoms with Crippen molar-refractivity contribution in [3.05, 3.63) is 0 Å². The SMILES string of the molecule is CCNC1(CC(N)=O)CCCC(C)(C)C1. The number of nitrogens with one attached hydrogen (secondary N) is 1. The van der Waals surface area contributed by atoms with Crippen molar-refractivity contribution >= 4 is 5.91 Å². The van der Waals surface area contributed by atoms with Crippen molar-refractivity contribution < 1.29 is 4.79 Å². The van der Waals surface area contributed by atoms with Crippen LogP contribution in [0.15, 0.2) is 0 Å². The lowest BCUT2D eigenvalue weighted by atomic mass is 9.67. The van der Waals surface area contributed by atoms with Crippen LogP contribution < -0.4 is 11.1 Å². The maximum atomic E-state index is 11.1. The summed E-state index contributed by atoms with van der Waals surface area (Å²) in [6.07, 6.45) is 5.04. The van der Waals surface area contributed by atoms with Crippen molar-refractivity contribution in [3.63, 3.8) is 0 Å². The molecule has 3 N–H and O–H groups in total. The van der Waals surface area contributed by atoms with Gasteiger partial charge in [0.15, 0.2) is 0 Å². The number of carbonyl (C=O) groups excluding carboxylic acids is 1. The highest BCUT2D eigenvalue weighted by Crippen LogP contribution is 2.42. The summed E-state index contributed by atoms with van der Waals surface area (Å²) in [7, 11) is 0. The highest BCUT2D eigenvalue weighted by molar-refractivity contribution is 5.75. The number of hydrogen-bond acceptors (Lipinski definition) is 2. The predicted molar refractivity (Wildman–Crippen MR) is 62.5 cm³/mol. The van der Waals surface area contributed by atoms with Crippen molar-refractivity contribution in [3.8, 4) is 0 Å². The average molecular weight is 212 g/mol. The van der Waals surface area contributed by atoms with Gasteiger partial charge in [0.05, 0.1) is 0 Å². The highest BCUT2D eigenvalue weighted by atomic mass is 16.1. The zero-order chi connectivity index (χ0) is 11.5. The molecule has 3 nitrogen and oxygen atoms in total. The van der Waals surface area contributed by atoms with Crippen LogP contribution in [0.5, 0.6) is 0 Å². The predicted octanol–water partition coefficient (Wildman–Crippen LogP) is 1.81. The summed E-state index contributed by atoms with van der Waals surface area (Å²) >= 11 is 0. The first-order chi connectivity index (χ1) is 6.89. The van der Waals surface area contributed by atoms with Crippen molar-refractivity contribution in [1.29, 1.82) is 0 Å². The van der Waals surface area contributed by atoms with Crippen LogP contribution in [0.3, 0.4) is 0 Å². The van der Waals surface area contributed by atoms with E-state index in [0.717, 1.165) is 19.4 Å². The van der Waals surface area contributed by atoms with Gasteiger partial charge in [-0.3, -0.25) is 4.79 Å². The minimum atomic E-state index is -0.186. The molecule has 1 unspecified atom stereocenters. The Balaban J connectivity index is 2.75. The summed E-state index contributed by atoms with van der Waals surface area (Å²) in [5, 5.41) is 3.48. The normalized spacial score (nSPS) is 30.1. The van der Waals surface area contributed by atoms with E-state index in [4.69, 9.17) is 5.73 Å². The van der Waals surface area contributed by atoms with Gasteiger partial charge in [-0.1, -0.05) is 27.2 Å². The van der Waals surface area contributed by atoms with Crippen molar-refractivity contribution in [2.75, 3.05) is 6.54 Å². The zero-order valence-electron chi connectivity index (χ0n) is 10.2. The fraction of sp³-hybridized carbons (Fsp3) is 0.917. The summed E-state index contributed by atoms with van der Waals surface area (Å²) in [6, 6.07) is 0. The first-order valence-electron chi connectivity index (χ1n) is 5.92. The Morgan fingerprint density at radius 2 is 2.07 bits per heavy atom. The van der Waals surface area contributed by atoms with Crippen molar-refractivity contribution in [1.82, 2.24) is 5.32 Å². The molecule has 15 heavy (non-hydrogen) atoms. The second kappa shape index (κ2) is 4.52. The topological polar surface area (TPSA) is 55.1 Å². The van der Waals surface area contributed by atoms with E-state index in [1.807, 2.05) is 0 Å². The lowest BCUT2D eigenvalue weighted by molar-refractivity contribution is -0.120. The summed E-state index contributed by atoms with van der Waals surface area (Å²) in [5.74, 6) is -0.186. The lowest BCUT2D eigenvalue weighted by Gasteiger charge is -2.45. The Kier molecular flexibility index (Phi) is 3.77. The Morgan fingerprint density at radius 1 is 1.40 bits per heavy atom. The number of nitrogens with two attached hydrogens (primary N) is 1. The molecular formula is C12H24N2O. The highest BCUT2D eigenvalue weighted by Gasteiger charge is 2.40. The molecule has 1 amide bonds. The molecule has 0 bridgehead atoms. The van der Waals surface area contributed by atoms with Crippen molar-refractivity contribution in [2.24, 2.45) is 11.1 Å². The smallest absolute Gasteiger partial charge is 0.219 e. The molecule has 0 aromatic heterocycles. The van der Waals surface area contributed by atoms with Gasteiger partial charge in [0.1, 0.15) is 0 Å². The van der Waals surface area contributed by atoms with Crippen LogP contribution in [0.1, 0.15) is 52.9 Å². The fourth-order valence-corrected chi connectivity index (χ4v) is 3.07. The molecule has 1 aliphatic carbocycles. The molecule has 1 saturated carbocycles. The molecule has 0 aromatic rings. The third-order valence-corrected chi connectivity index (χ3v) is 3.39. The van der Waals surface area contributed by atoms with Gasteiger partial charge in [0.2, 0.25) is 5.91 Å². The van der Waals surface area contributed by atoms with Crippen LogP contribution in [0.25, 0.3) is 0 Å². The molecule has 0 aromatic carbocycles. The number of rotatable bonds is 4. The van der Waals surface area contributed by atoms with Crippen LogP contribution in [0, 0.1) is 5.41 Å². The minimum absolute atomic E-state index is 0.0394. The van der Waals surface area contributed by atoms with Gasteiger partial charge < -0.3 is 11.1 Å². The molecule has 88 valence electrons. The molecule has 0 aliphatic heterocycles. The zero-order valence-corrected chi connectivity index (χ0v) is 10.2. The molecule has 0 saturated heterocycles. The van der Waals surface area contributed by atoms with E-state index in [0.29, 0.717) is 11.8 Å². The molecule has 1 fully saturated rings. The molecule has 0 spiro atoms. The molecule has 1 atom stereocenters. The van der Waals surface area contributed by atoms with E-state index in [-0.39, 0.29) is 11.4 Å². The van der Waals surface area contributed by atoms with Gasteiger partial charge in [-0.25, -0.2) is 0 Å². The molecule has 0 heterocycles. The van der Waals surface area contributed by atoms with E-state index in [2.05, 4.69) is 26.1 Å². The summed E-state index contributed by atoms with van der Waals surface area (Å²) in [5.41, 5.74) is 5.64. The van der Waals surface area contributed by atoms with Gasteiger partial charge in [0, 0.05) is 12.0 Å². The molecule has 1 rings (SSSR count). The van der Waals surface area contributed by atoms with Gasteiger partial charge in [-0.05, 0) is 31.2 Å². The Bertz CT molecular complexity index is 234. The van der Waals surface area contributed by atoms with Crippen LogP contribution in [-0.4, -0.2) is 18.0 Å². The Morgan fingerprint density at radius 3 is 2.53 bits per heavy atom. The minimum Gasteiger partial charge on any atom is -0.370 e. The van der Waals surface area contributed by atoms with Crippen LogP contribution >= 0.6 is 0 Å². The standard InChI is InChI=1S/C12H24N2O/c1-4-14-12(8-10(13)15)7-5-6-11(2,3)9-12/h14H,4-9H2,1-3H3,(H2,13,15). The van der Waals surface area contributed by atoms with Gasteiger partial charge in [-0.15, -0.1) is 0 Å². The van der Waals surface area contributed by atoms with Crippen LogP contribution in [0.2, 0.25) is 0 Å². The Labute approximate surface area is 92.8 Å². The summed E-state index contributed by atoms with van der Waals surface area (Å²) < 4.78 is 0. The van der Waals surface area contributed by atoms with Crippen LogP contribution in [0.4, 0.5) is 0 Å². The number of primary amides is 1. The number of carbonyl (C=O) groups is 1. The summed E-state index contributed by atoms with van der Waals surface area (Å²) in [4.78, 5) is 11.1. The number of amides is 1. The van der Waals surface area contributed by atoms with Crippen molar-refractivity contribution in [2.45, 2.75) is 58.4 Å². The largest absolute Gasteiger partial charge is 0.370 e. The lowest BCUT2D eigenvalue weighted by Crippen LogP contribution is -2.52. The quantitative estimate of drug-likeness (QED) is 0.746. The summed E-state index contributed by atoms with van der Waals surface area (Å²) in [6.45, 7) is 7.55. The first kappa shape index (κ1) is 12.5. The van der Waals surface area contributed by atoms with E-state index >= 15 is 0 Å². The maximum absolute atomic E-state index is 11.1. The molecular weight excluding hydrogens is 188 g/mol. The van der Waals surface area contributed by atoms with E-state index in [1.54, 1.807) is 0 Å². The second-order valence-corrected chi connectivity index (χ2v) is 5.65. The van der Waals surface area contributed by atoms with E-state index in [9.17, 15) is 4.79 Å². The Hall–Kier alpha value is -0.570. The second-order valence-electron chi connectivity index (χ2n) is 5.65. The average Bonchev–Trinajstić information content (AvgIpc) is 1.99. The molecule has 3 heteroatoms. The van der Waals surface area contributed by atoms with Gasteiger partial charge in [0.25, 0.3) is 0 Å². The monoisotopic (exact) mass is 212 g/mol. The number of hydrogen-bond donors (Lipinski definition) is 2. The molecule has 0 radical (unpaired) electrons.